The second kappa shape index (κ2) is 6.67. The third-order valence-corrected chi connectivity index (χ3v) is 5.05. The van der Waals surface area contributed by atoms with Crippen molar-refractivity contribution >= 4 is 15.9 Å². The summed E-state index contributed by atoms with van der Waals surface area (Å²) in [6.45, 7) is 1.66. The summed E-state index contributed by atoms with van der Waals surface area (Å²) in [4.78, 5) is 0. The monoisotopic (exact) mass is 319 g/mol. The molecule has 0 aliphatic carbocycles. The van der Waals surface area contributed by atoms with Gasteiger partial charge < -0.3 is 5.32 Å². The molecule has 1 aromatic rings. The van der Waals surface area contributed by atoms with Crippen LogP contribution in [-0.4, -0.2) is 39.4 Å². The van der Waals surface area contributed by atoms with Crippen molar-refractivity contribution in [1.82, 2.24) is 9.62 Å². The highest BCUT2D eigenvalue weighted by molar-refractivity contribution is 7.90. The molecule has 0 bridgehead atoms. The quantitative estimate of drug-likeness (QED) is 0.866. The first-order chi connectivity index (χ1) is 9.90. The van der Waals surface area contributed by atoms with Gasteiger partial charge in [-0.25, -0.2) is 8.78 Å². The zero-order chi connectivity index (χ0) is 15.5. The Labute approximate surface area is 123 Å². The number of halogens is 2. The summed E-state index contributed by atoms with van der Waals surface area (Å²) in [6.07, 6.45) is 1.53. The van der Waals surface area contributed by atoms with Gasteiger partial charge in [0.15, 0.2) is 0 Å². The first kappa shape index (κ1) is 16.1. The molecular formula is C13H19F2N3O2S. The van der Waals surface area contributed by atoms with Crippen LogP contribution in [0, 0.1) is 17.6 Å². The Morgan fingerprint density at radius 1 is 1.19 bits per heavy atom. The number of piperidine rings is 1. The van der Waals surface area contributed by atoms with Crippen molar-refractivity contribution in [2.24, 2.45) is 5.92 Å². The van der Waals surface area contributed by atoms with E-state index < -0.39 is 21.8 Å². The van der Waals surface area contributed by atoms with E-state index in [2.05, 4.69) is 10.0 Å². The minimum Gasteiger partial charge on any atom is -0.319 e. The molecule has 0 radical (unpaired) electrons. The van der Waals surface area contributed by atoms with Gasteiger partial charge in [-0.15, -0.1) is 0 Å². The van der Waals surface area contributed by atoms with Crippen molar-refractivity contribution in [3.8, 4) is 0 Å². The Hall–Kier alpha value is -1.25. The van der Waals surface area contributed by atoms with Gasteiger partial charge in [-0.3, -0.25) is 4.72 Å². The predicted octanol–water partition coefficient (Wildman–Crippen LogP) is 1.55. The van der Waals surface area contributed by atoms with Gasteiger partial charge in [0.1, 0.15) is 11.6 Å². The molecule has 2 N–H and O–H groups in total. The van der Waals surface area contributed by atoms with Crippen LogP contribution >= 0.6 is 0 Å². The number of hydrogen-bond acceptors (Lipinski definition) is 3. The highest BCUT2D eigenvalue weighted by atomic mass is 32.2. The lowest BCUT2D eigenvalue weighted by atomic mass is 9.98. The van der Waals surface area contributed by atoms with Crippen LogP contribution in [0.5, 0.6) is 0 Å². The standard InChI is InChI=1S/C13H19F2N3O2S/c1-16-9-10-2-4-18(5-3-10)21(19,20)17-13-7-11(14)6-12(15)8-13/h6-8,10,16-17H,2-5,9H2,1H3. The average molecular weight is 319 g/mol. The van der Waals surface area contributed by atoms with Crippen molar-refractivity contribution in [3.05, 3.63) is 29.8 Å². The summed E-state index contributed by atoms with van der Waals surface area (Å²) in [5.41, 5.74) is -0.107. The van der Waals surface area contributed by atoms with Crippen LogP contribution in [0.2, 0.25) is 0 Å². The first-order valence-electron chi connectivity index (χ1n) is 6.79. The number of rotatable bonds is 5. The fourth-order valence-corrected chi connectivity index (χ4v) is 3.71. The fraction of sp³-hybridized carbons (Fsp3) is 0.538. The van der Waals surface area contributed by atoms with Gasteiger partial charge in [0.2, 0.25) is 0 Å². The van der Waals surface area contributed by atoms with Crippen LogP contribution in [0.3, 0.4) is 0 Å². The van der Waals surface area contributed by atoms with Crippen molar-refractivity contribution in [2.45, 2.75) is 12.8 Å². The zero-order valence-corrected chi connectivity index (χ0v) is 12.6. The van der Waals surface area contributed by atoms with E-state index in [9.17, 15) is 17.2 Å². The Kier molecular flexibility index (Phi) is 5.13. The summed E-state index contributed by atoms with van der Waals surface area (Å²) in [7, 11) is -1.91. The van der Waals surface area contributed by atoms with Crippen LogP contribution in [0.4, 0.5) is 14.5 Å². The summed E-state index contributed by atoms with van der Waals surface area (Å²) < 4.78 is 54.1. The summed E-state index contributed by atoms with van der Waals surface area (Å²) in [5.74, 6) is -1.19. The van der Waals surface area contributed by atoms with E-state index >= 15 is 0 Å². The van der Waals surface area contributed by atoms with Crippen LogP contribution in [-0.2, 0) is 10.2 Å². The predicted molar refractivity (Wildman–Crippen MR) is 77.1 cm³/mol. The Morgan fingerprint density at radius 2 is 1.76 bits per heavy atom. The van der Waals surface area contributed by atoms with E-state index in [1.165, 1.54) is 4.31 Å². The lowest BCUT2D eigenvalue weighted by molar-refractivity contribution is 0.272. The van der Waals surface area contributed by atoms with Crippen molar-refractivity contribution in [3.63, 3.8) is 0 Å². The van der Waals surface area contributed by atoms with E-state index in [4.69, 9.17) is 0 Å². The van der Waals surface area contributed by atoms with E-state index in [1.807, 2.05) is 7.05 Å². The number of nitrogens with one attached hydrogen (secondary N) is 2. The Bertz CT molecular complexity index is 567. The van der Waals surface area contributed by atoms with Gasteiger partial charge in [0.05, 0.1) is 5.69 Å². The topological polar surface area (TPSA) is 61.4 Å². The maximum atomic E-state index is 13.1. The van der Waals surface area contributed by atoms with Crippen molar-refractivity contribution < 1.29 is 17.2 Å². The van der Waals surface area contributed by atoms with E-state index in [0.717, 1.165) is 31.5 Å². The third-order valence-electron chi connectivity index (χ3n) is 3.52. The minimum absolute atomic E-state index is 0.107. The molecule has 1 aliphatic rings. The highest BCUT2D eigenvalue weighted by Gasteiger charge is 2.27. The molecule has 0 amide bonds. The Balaban J connectivity index is 2.02. The summed E-state index contributed by atoms with van der Waals surface area (Å²) in [5, 5.41) is 3.08. The molecule has 1 heterocycles. The molecule has 2 rings (SSSR count). The molecular weight excluding hydrogens is 300 g/mol. The van der Waals surface area contributed by atoms with Crippen molar-refractivity contribution in [1.29, 1.82) is 0 Å². The van der Waals surface area contributed by atoms with E-state index in [1.54, 1.807) is 0 Å². The van der Waals surface area contributed by atoms with Crippen LogP contribution < -0.4 is 10.0 Å². The molecule has 0 aromatic heterocycles. The Morgan fingerprint density at radius 3 is 2.29 bits per heavy atom. The molecule has 0 unspecified atom stereocenters. The third kappa shape index (κ3) is 4.36. The fourth-order valence-electron chi connectivity index (χ4n) is 2.47. The van der Waals surface area contributed by atoms with Crippen LogP contribution in [0.15, 0.2) is 18.2 Å². The van der Waals surface area contributed by atoms with Gasteiger partial charge in [0, 0.05) is 19.2 Å². The summed E-state index contributed by atoms with van der Waals surface area (Å²) in [6, 6.07) is 2.60. The molecule has 0 atom stereocenters. The SMILES string of the molecule is CNCC1CCN(S(=O)(=O)Nc2cc(F)cc(F)c2)CC1. The largest absolute Gasteiger partial charge is 0.319 e. The molecule has 1 fully saturated rings. The van der Waals surface area contributed by atoms with Crippen LogP contribution in [0.1, 0.15) is 12.8 Å². The molecule has 0 spiro atoms. The first-order valence-corrected chi connectivity index (χ1v) is 8.23. The normalized spacial score (nSPS) is 17.9. The van der Waals surface area contributed by atoms with Gasteiger partial charge in [-0.05, 0) is 44.5 Å². The average Bonchev–Trinajstić information content (AvgIpc) is 2.38. The zero-order valence-electron chi connectivity index (χ0n) is 11.8. The molecule has 1 aromatic carbocycles. The van der Waals surface area contributed by atoms with Gasteiger partial charge in [-0.2, -0.15) is 12.7 Å². The van der Waals surface area contributed by atoms with Gasteiger partial charge in [0.25, 0.3) is 0 Å². The second-order valence-corrected chi connectivity index (χ2v) is 6.84. The van der Waals surface area contributed by atoms with E-state index in [-0.39, 0.29) is 5.69 Å². The number of nitrogens with zero attached hydrogens (tertiary/aromatic N) is 1. The number of anilines is 1. The lowest BCUT2D eigenvalue weighted by Crippen LogP contribution is -2.43. The van der Waals surface area contributed by atoms with Crippen LogP contribution in [0.25, 0.3) is 0 Å². The summed E-state index contributed by atoms with van der Waals surface area (Å²) >= 11 is 0. The molecule has 118 valence electrons. The van der Waals surface area contributed by atoms with E-state index in [0.29, 0.717) is 25.1 Å². The molecule has 1 aliphatic heterocycles. The van der Waals surface area contributed by atoms with Crippen molar-refractivity contribution in [2.75, 3.05) is 31.4 Å². The smallest absolute Gasteiger partial charge is 0.301 e. The lowest BCUT2D eigenvalue weighted by Gasteiger charge is -2.31. The molecule has 8 heteroatoms. The molecule has 21 heavy (non-hydrogen) atoms. The number of hydrogen-bond donors (Lipinski definition) is 2. The molecule has 1 saturated heterocycles. The number of benzene rings is 1. The maximum Gasteiger partial charge on any atom is 0.301 e. The van der Waals surface area contributed by atoms with Gasteiger partial charge in [-0.1, -0.05) is 0 Å². The van der Waals surface area contributed by atoms with Gasteiger partial charge >= 0.3 is 10.2 Å². The minimum atomic E-state index is -3.78. The molecule has 0 saturated carbocycles. The maximum absolute atomic E-state index is 13.1. The highest BCUT2D eigenvalue weighted by Crippen LogP contribution is 2.21. The molecule has 5 nitrogen and oxygen atoms in total. The second-order valence-electron chi connectivity index (χ2n) is 5.17.